The molecule has 1 aromatic carbocycles. The molecule has 8 heteroatoms. The van der Waals surface area contributed by atoms with Crippen LogP contribution in [0.15, 0.2) is 47.3 Å². The number of para-hydroxylation sites is 1. The fourth-order valence-corrected chi connectivity index (χ4v) is 5.52. The van der Waals surface area contributed by atoms with Crippen molar-refractivity contribution in [1.82, 2.24) is 9.47 Å². The molecule has 2 bridgehead atoms. The molecule has 2 aliphatic heterocycles. The number of fused-ring (bicyclic) bond motifs is 4. The first kappa shape index (κ1) is 19.9. The third kappa shape index (κ3) is 4.28. The monoisotopic (exact) mass is 525 g/mol. The highest BCUT2D eigenvalue weighted by molar-refractivity contribution is 14.1. The van der Waals surface area contributed by atoms with Gasteiger partial charge in [0.15, 0.2) is 0 Å². The summed E-state index contributed by atoms with van der Waals surface area (Å²) in [6.45, 7) is 2.41. The number of nitrogens with one attached hydrogen (secondary N) is 1. The summed E-state index contributed by atoms with van der Waals surface area (Å²) in [5.41, 5.74) is 2.02. The molecule has 1 fully saturated rings. The number of nitrogens with zero attached hydrogens (tertiary/aromatic N) is 2. The van der Waals surface area contributed by atoms with Crippen molar-refractivity contribution in [3.63, 3.8) is 0 Å². The van der Waals surface area contributed by atoms with Crippen molar-refractivity contribution >= 4 is 62.5 Å². The molecule has 1 aromatic heterocycles. The number of likely N-dealkylation sites (tertiary alicyclic amines) is 1. The van der Waals surface area contributed by atoms with E-state index in [-0.39, 0.29) is 11.5 Å². The SMILES string of the molecule is O=C(CSC(=S)N1C[C@@H]2C[C@@H](C1)c1cccc(=O)n1C2)Nc1ccccc1I. The quantitative estimate of drug-likeness (QED) is 0.491. The summed E-state index contributed by atoms with van der Waals surface area (Å²) < 4.78 is 3.69. The second-order valence-electron chi connectivity index (χ2n) is 7.19. The van der Waals surface area contributed by atoms with Gasteiger partial charge in [-0.05, 0) is 53.1 Å². The zero-order valence-electron chi connectivity index (χ0n) is 15.1. The molecule has 0 radical (unpaired) electrons. The van der Waals surface area contributed by atoms with E-state index in [4.69, 9.17) is 12.2 Å². The summed E-state index contributed by atoms with van der Waals surface area (Å²) in [6, 6.07) is 13.2. The van der Waals surface area contributed by atoms with Crippen LogP contribution in [-0.2, 0) is 11.3 Å². The van der Waals surface area contributed by atoms with Crippen molar-refractivity contribution in [3.8, 4) is 0 Å². The van der Waals surface area contributed by atoms with Gasteiger partial charge in [0.05, 0.1) is 11.4 Å². The molecule has 2 atom stereocenters. The van der Waals surface area contributed by atoms with Crippen LogP contribution in [0.25, 0.3) is 0 Å². The number of benzene rings is 1. The molecule has 2 aromatic rings. The third-order valence-electron chi connectivity index (χ3n) is 5.21. The Balaban J connectivity index is 1.36. The van der Waals surface area contributed by atoms with Crippen LogP contribution in [0.4, 0.5) is 5.69 Å². The fourth-order valence-electron chi connectivity index (χ4n) is 4.01. The minimum Gasteiger partial charge on any atom is -0.356 e. The lowest BCUT2D eigenvalue weighted by Gasteiger charge is -2.43. The molecule has 0 spiro atoms. The van der Waals surface area contributed by atoms with Gasteiger partial charge in [-0.3, -0.25) is 9.59 Å². The highest BCUT2D eigenvalue weighted by Gasteiger charge is 2.35. The van der Waals surface area contributed by atoms with E-state index in [9.17, 15) is 9.59 Å². The van der Waals surface area contributed by atoms with Gasteiger partial charge in [-0.1, -0.05) is 42.2 Å². The van der Waals surface area contributed by atoms with Crippen LogP contribution in [0, 0.1) is 9.49 Å². The van der Waals surface area contributed by atoms with Gasteiger partial charge in [0.25, 0.3) is 5.56 Å². The van der Waals surface area contributed by atoms with E-state index < -0.39 is 0 Å². The average Bonchev–Trinajstić information content (AvgIpc) is 2.68. The molecule has 0 unspecified atom stereocenters. The number of amides is 1. The van der Waals surface area contributed by atoms with Crippen molar-refractivity contribution in [3.05, 3.63) is 62.1 Å². The van der Waals surface area contributed by atoms with Crippen molar-refractivity contribution in [2.45, 2.75) is 18.9 Å². The van der Waals surface area contributed by atoms with E-state index in [0.29, 0.717) is 17.6 Å². The molecular weight excluding hydrogens is 505 g/mol. The summed E-state index contributed by atoms with van der Waals surface area (Å²) in [6.07, 6.45) is 1.10. The zero-order chi connectivity index (χ0) is 19.7. The lowest BCUT2D eigenvalue weighted by atomic mass is 9.83. The summed E-state index contributed by atoms with van der Waals surface area (Å²) >= 11 is 9.25. The zero-order valence-corrected chi connectivity index (χ0v) is 18.9. The number of anilines is 1. The minimum atomic E-state index is -0.0504. The highest BCUT2D eigenvalue weighted by atomic mass is 127. The van der Waals surface area contributed by atoms with Crippen LogP contribution in [0.5, 0.6) is 0 Å². The van der Waals surface area contributed by atoms with Gasteiger partial charge < -0.3 is 14.8 Å². The highest BCUT2D eigenvalue weighted by Crippen LogP contribution is 2.36. The third-order valence-corrected chi connectivity index (χ3v) is 7.68. The minimum absolute atomic E-state index is 0.0504. The second-order valence-corrected chi connectivity index (χ2v) is 9.96. The van der Waals surface area contributed by atoms with Crippen molar-refractivity contribution in [2.24, 2.45) is 5.92 Å². The van der Waals surface area contributed by atoms with E-state index in [1.165, 1.54) is 11.8 Å². The normalized spacial score (nSPS) is 20.4. The number of hydrogen-bond acceptors (Lipinski definition) is 4. The number of piperidine rings is 1. The smallest absolute Gasteiger partial charge is 0.250 e. The molecule has 146 valence electrons. The maximum absolute atomic E-state index is 12.3. The van der Waals surface area contributed by atoms with Gasteiger partial charge in [0.1, 0.15) is 4.32 Å². The van der Waals surface area contributed by atoms with Crippen molar-refractivity contribution in [2.75, 3.05) is 24.2 Å². The number of hydrogen-bond donors (Lipinski definition) is 1. The number of aromatic nitrogens is 1. The molecule has 1 amide bonds. The van der Waals surface area contributed by atoms with Crippen molar-refractivity contribution in [1.29, 1.82) is 0 Å². The molecular formula is C20H20IN3O2S2. The molecule has 2 aliphatic rings. The van der Waals surface area contributed by atoms with E-state index in [1.807, 2.05) is 34.9 Å². The first-order chi connectivity index (χ1) is 13.5. The topological polar surface area (TPSA) is 54.3 Å². The van der Waals surface area contributed by atoms with Crippen LogP contribution in [0.3, 0.4) is 0 Å². The van der Waals surface area contributed by atoms with Crippen molar-refractivity contribution < 1.29 is 4.79 Å². The van der Waals surface area contributed by atoms with E-state index in [1.54, 1.807) is 6.07 Å². The molecule has 4 rings (SSSR count). The molecule has 1 N–H and O–H groups in total. The Hall–Kier alpha value is -1.39. The van der Waals surface area contributed by atoms with Gasteiger partial charge >= 0.3 is 0 Å². The predicted octanol–water partition coefficient (Wildman–Crippen LogP) is 3.53. The summed E-state index contributed by atoms with van der Waals surface area (Å²) in [7, 11) is 0. The maximum atomic E-state index is 12.3. The molecule has 28 heavy (non-hydrogen) atoms. The lowest BCUT2D eigenvalue weighted by molar-refractivity contribution is -0.113. The van der Waals surface area contributed by atoms with E-state index in [0.717, 1.165) is 45.3 Å². The number of rotatable bonds is 3. The first-order valence-corrected chi connectivity index (χ1v) is 11.6. The number of carbonyl (C=O) groups is 1. The number of thiocarbonyl (C=S) groups is 1. The van der Waals surface area contributed by atoms with Crippen LogP contribution in [0.1, 0.15) is 18.0 Å². The maximum Gasteiger partial charge on any atom is 0.250 e. The van der Waals surface area contributed by atoms with Gasteiger partial charge in [-0.15, -0.1) is 0 Å². The molecule has 1 saturated heterocycles. The summed E-state index contributed by atoms with van der Waals surface area (Å²) in [5.74, 6) is 0.987. The first-order valence-electron chi connectivity index (χ1n) is 9.17. The molecule has 5 nitrogen and oxygen atoms in total. The fraction of sp³-hybridized carbons (Fsp3) is 0.350. The van der Waals surface area contributed by atoms with Gasteiger partial charge in [-0.25, -0.2) is 0 Å². The molecule has 3 heterocycles. The Kier molecular flexibility index (Phi) is 6.07. The standard InChI is InChI=1S/C20H20IN3O2S2/c21-15-4-1-2-5-16(15)22-18(25)12-28-20(27)23-9-13-8-14(11-23)17-6-3-7-19(26)24(17)10-13/h1-7,13-14H,8-12H2,(H,22,25)/t13-,14-/m0/s1. The van der Waals surface area contributed by atoms with Crippen LogP contribution < -0.4 is 10.9 Å². The summed E-state index contributed by atoms with van der Waals surface area (Å²) in [5, 5.41) is 2.94. The molecule has 0 saturated carbocycles. The van der Waals surface area contributed by atoms with Crippen LogP contribution in [-0.4, -0.2) is 38.5 Å². The lowest BCUT2D eigenvalue weighted by Crippen LogP contribution is -2.48. The van der Waals surface area contributed by atoms with E-state index >= 15 is 0 Å². The second kappa shape index (κ2) is 8.54. The Bertz CT molecular complexity index is 978. The van der Waals surface area contributed by atoms with Gasteiger partial charge in [-0.2, -0.15) is 0 Å². The van der Waals surface area contributed by atoms with Gasteiger partial charge in [0, 0.05) is 40.9 Å². The predicted molar refractivity (Wildman–Crippen MR) is 126 cm³/mol. The Morgan fingerprint density at radius 2 is 2.00 bits per heavy atom. The van der Waals surface area contributed by atoms with Crippen LogP contribution in [0.2, 0.25) is 0 Å². The number of thioether (sulfide) groups is 1. The van der Waals surface area contributed by atoms with Gasteiger partial charge in [0.2, 0.25) is 5.91 Å². The van der Waals surface area contributed by atoms with E-state index in [2.05, 4.69) is 38.9 Å². The molecule has 0 aliphatic carbocycles. The number of pyridine rings is 1. The Morgan fingerprint density at radius 3 is 2.82 bits per heavy atom. The number of halogens is 1. The Morgan fingerprint density at radius 1 is 1.18 bits per heavy atom. The average molecular weight is 525 g/mol. The largest absolute Gasteiger partial charge is 0.356 e. The summed E-state index contributed by atoms with van der Waals surface area (Å²) in [4.78, 5) is 26.6. The Labute approximate surface area is 187 Å². The van der Waals surface area contributed by atoms with Crippen LogP contribution >= 0.6 is 46.6 Å². The number of carbonyl (C=O) groups excluding carboxylic acids is 1.